The lowest BCUT2D eigenvalue weighted by molar-refractivity contribution is -0.122. The molecule has 3 heterocycles. The highest BCUT2D eigenvalue weighted by atomic mass is 35.5. The number of fused-ring (bicyclic) bond motifs is 1. The van der Waals surface area contributed by atoms with Crippen molar-refractivity contribution in [3.8, 4) is 0 Å². The number of halogens is 3. The van der Waals surface area contributed by atoms with Crippen LogP contribution in [0, 0.1) is 11.7 Å². The molecule has 1 aliphatic heterocycles. The maximum Gasteiger partial charge on any atom is 0.224 e. The van der Waals surface area contributed by atoms with Crippen molar-refractivity contribution in [2.75, 3.05) is 22.1 Å². The number of sulfone groups is 1. The number of nitrogens with one attached hydrogen (secondary N) is 2. The van der Waals surface area contributed by atoms with Crippen molar-refractivity contribution in [2.45, 2.75) is 50.6 Å². The van der Waals surface area contributed by atoms with E-state index in [0.29, 0.717) is 61.6 Å². The number of aromatic nitrogens is 4. The molecule has 0 radical (unpaired) electrons. The zero-order valence-corrected chi connectivity index (χ0v) is 22.1. The van der Waals surface area contributed by atoms with Crippen molar-refractivity contribution < 1.29 is 17.6 Å². The number of nitrogens with zero attached hydrogens (tertiary/aromatic N) is 4. The van der Waals surface area contributed by atoms with Crippen LogP contribution in [0.1, 0.15) is 44.6 Å². The van der Waals surface area contributed by atoms with E-state index in [1.165, 1.54) is 6.07 Å². The monoisotopic (exact) mass is 569 g/mol. The van der Waals surface area contributed by atoms with Crippen molar-refractivity contribution in [2.24, 2.45) is 11.7 Å². The van der Waals surface area contributed by atoms with Crippen LogP contribution in [-0.4, -0.2) is 51.4 Å². The number of benzene rings is 1. The second kappa shape index (κ2) is 10.2. The molecule has 2 fully saturated rings. The maximum absolute atomic E-state index is 14.7. The quantitative estimate of drug-likeness (QED) is 0.400. The molecule has 1 aromatic carbocycles. The molecule has 1 saturated carbocycles. The van der Waals surface area contributed by atoms with E-state index in [1.807, 2.05) is 4.57 Å². The highest BCUT2D eigenvalue weighted by Crippen LogP contribution is 2.38. The number of carbonyl (C=O) groups excluding carboxylic acids is 1. The van der Waals surface area contributed by atoms with Gasteiger partial charge in [0.05, 0.1) is 28.4 Å². The Bertz CT molecular complexity index is 1420. The van der Waals surface area contributed by atoms with Crippen LogP contribution in [0.3, 0.4) is 0 Å². The van der Waals surface area contributed by atoms with Crippen LogP contribution < -0.4 is 16.4 Å². The van der Waals surface area contributed by atoms with Gasteiger partial charge in [0.1, 0.15) is 21.2 Å². The van der Waals surface area contributed by atoms with Gasteiger partial charge in [-0.05, 0) is 50.7 Å². The van der Waals surface area contributed by atoms with Crippen LogP contribution in [0.25, 0.3) is 11.2 Å². The summed E-state index contributed by atoms with van der Waals surface area (Å²) < 4.78 is 40.2. The first-order valence-electron chi connectivity index (χ1n) is 12.0. The Morgan fingerprint density at radius 2 is 1.78 bits per heavy atom. The maximum atomic E-state index is 14.7. The molecule has 2 aliphatic rings. The van der Waals surface area contributed by atoms with Gasteiger partial charge in [0.2, 0.25) is 17.8 Å². The van der Waals surface area contributed by atoms with E-state index in [4.69, 9.17) is 33.9 Å². The molecule has 0 atom stereocenters. The lowest BCUT2D eigenvalue weighted by Crippen LogP contribution is -2.32. The van der Waals surface area contributed by atoms with Crippen molar-refractivity contribution in [1.29, 1.82) is 0 Å². The van der Waals surface area contributed by atoms with Gasteiger partial charge in [-0.25, -0.2) is 22.8 Å². The third-order valence-corrected chi connectivity index (χ3v) is 9.26. The minimum atomic E-state index is -3.00. The van der Waals surface area contributed by atoms with Crippen LogP contribution in [0.4, 0.5) is 22.0 Å². The van der Waals surface area contributed by atoms with Crippen LogP contribution in [0.2, 0.25) is 10.0 Å². The van der Waals surface area contributed by atoms with Crippen molar-refractivity contribution in [3.05, 3.63) is 34.2 Å². The molecule has 1 saturated heterocycles. The lowest BCUT2D eigenvalue weighted by Gasteiger charge is -2.29. The molecule has 1 aliphatic carbocycles. The minimum Gasteiger partial charge on any atom is -0.369 e. The zero-order valence-electron chi connectivity index (χ0n) is 19.8. The summed E-state index contributed by atoms with van der Waals surface area (Å²) in [4.78, 5) is 25.4. The fourth-order valence-corrected chi connectivity index (χ4v) is 7.01. The van der Waals surface area contributed by atoms with Crippen LogP contribution in [-0.2, 0) is 14.6 Å². The Morgan fingerprint density at radius 1 is 1.08 bits per heavy atom. The predicted molar refractivity (Wildman–Crippen MR) is 141 cm³/mol. The molecular formula is C23H26Cl2FN7O3S. The summed E-state index contributed by atoms with van der Waals surface area (Å²) in [5.74, 6) is -0.216. The Balaban J connectivity index is 1.50. The predicted octanol–water partition coefficient (Wildman–Crippen LogP) is 4.22. The molecule has 37 heavy (non-hydrogen) atoms. The molecule has 0 unspecified atom stereocenters. The van der Waals surface area contributed by atoms with Gasteiger partial charge in [0.25, 0.3) is 0 Å². The summed E-state index contributed by atoms with van der Waals surface area (Å²) in [5, 5.41) is 6.52. The summed E-state index contributed by atoms with van der Waals surface area (Å²) in [6.07, 6.45) is 5.04. The van der Waals surface area contributed by atoms with Gasteiger partial charge in [-0.1, -0.05) is 23.2 Å². The summed E-state index contributed by atoms with van der Waals surface area (Å²) in [5.41, 5.74) is 6.56. The number of amides is 1. The molecule has 3 aromatic rings. The molecular weight excluding hydrogens is 544 g/mol. The van der Waals surface area contributed by atoms with Gasteiger partial charge in [0, 0.05) is 23.0 Å². The molecule has 4 N–H and O–H groups in total. The SMILES string of the molecule is NC(=O)C1CCC(n2c(Nc3c(F)cc(Cl)cc3Cl)nc3cnc(NC4CCS(=O)(=O)CC4)nc32)CC1. The number of nitrogens with two attached hydrogens (primary N) is 1. The largest absolute Gasteiger partial charge is 0.369 e. The van der Waals surface area contributed by atoms with Crippen molar-refractivity contribution in [1.82, 2.24) is 19.5 Å². The topological polar surface area (TPSA) is 145 Å². The summed E-state index contributed by atoms with van der Waals surface area (Å²) in [6, 6.07) is 2.45. The number of anilines is 3. The highest BCUT2D eigenvalue weighted by Gasteiger charge is 2.30. The molecule has 1 amide bonds. The van der Waals surface area contributed by atoms with Crippen molar-refractivity contribution in [3.63, 3.8) is 0 Å². The second-order valence-corrected chi connectivity index (χ2v) is 12.7. The number of imidazole rings is 1. The molecule has 2 aromatic heterocycles. The zero-order chi connectivity index (χ0) is 26.3. The van der Waals surface area contributed by atoms with E-state index in [0.717, 1.165) is 6.07 Å². The van der Waals surface area contributed by atoms with Gasteiger partial charge >= 0.3 is 0 Å². The number of carbonyl (C=O) groups is 1. The van der Waals surface area contributed by atoms with Crippen molar-refractivity contribution >= 4 is 67.7 Å². The van der Waals surface area contributed by atoms with E-state index in [-0.39, 0.29) is 51.1 Å². The van der Waals surface area contributed by atoms with E-state index in [2.05, 4.69) is 20.6 Å². The fourth-order valence-electron chi connectivity index (χ4n) is 5.00. The third-order valence-electron chi connectivity index (χ3n) is 7.03. The summed E-state index contributed by atoms with van der Waals surface area (Å²) >= 11 is 12.2. The first-order chi connectivity index (χ1) is 17.6. The first-order valence-corrected chi connectivity index (χ1v) is 14.6. The third kappa shape index (κ3) is 5.60. The van der Waals surface area contributed by atoms with E-state index >= 15 is 0 Å². The fraction of sp³-hybridized carbons (Fsp3) is 0.478. The molecule has 0 spiro atoms. The molecule has 14 heteroatoms. The van der Waals surface area contributed by atoms with Gasteiger partial charge in [-0.3, -0.25) is 9.36 Å². The number of primary amides is 1. The number of rotatable bonds is 6. The molecule has 10 nitrogen and oxygen atoms in total. The summed E-state index contributed by atoms with van der Waals surface area (Å²) in [6.45, 7) is 0. The first kappa shape index (κ1) is 25.9. The number of hydrogen-bond donors (Lipinski definition) is 3. The van der Waals surface area contributed by atoms with Crippen LogP contribution in [0.15, 0.2) is 18.3 Å². The minimum absolute atomic E-state index is 0.0307. The molecule has 198 valence electrons. The summed E-state index contributed by atoms with van der Waals surface area (Å²) in [7, 11) is -3.00. The van der Waals surface area contributed by atoms with Gasteiger partial charge in [-0.15, -0.1) is 0 Å². The lowest BCUT2D eigenvalue weighted by atomic mass is 9.85. The Kier molecular flexibility index (Phi) is 7.16. The van der Waals surface area contributed by atoms with Crippen LogP contribution >= 0.6 is 23.2 Å². The van der Waals surface area contributed by atoms with Crippen LogP contribution in [0.5, 0.6) is 0 Å². The standard InChI is InChI=1S/C23H26Cl2FN7O3S/c24-13-9-16(25)19(17(26)10-13)31-23-30-18-11-28-22(29-14-5-7-37(35,36)8-6-14)32-21(18)33(23)15-3-1-12(2-4-15)20(27)34/h9-12,14-15H,1-8H2,(H2,27,34)(H,30,31)(H,28,29,32). The van der Waals surface area contributed by atoms with E-state index in [1.54, 1.807) is 6.20 Å². The average Bonchev–Trinajstić information content (AvgIpc) is 3.20. The second-order valence-electron chi connectivity index (χ2n) is 9.56. The van der Waals surface area contributed by atoms with Gasteiger partial charge < -0.3 is 16.4 Å². The van der Waals surface area contributed by atoms with Gasteiger partial charge in [0.15, 0.2) is 5.65 Å². The molecule has 5 rings (SSSR count). The Hall–Kier alpha value is -2.70. The Morgan fingerprint density at radius 3 is 2.43 bits per heavy atom. The molecule has 0 bridgehead atoms. The smallest absolute Gasteiger partial charge is 0.224 e. The average molecular weight is 570 g/mol. The Labute approximate surface area is 223 Å². The van der Waals surface area contributed by atoms with E-state index < -0.39 is 15.7 Å². The van der Waals surface area contributed by atoms with E-state index in [9.17, 15) is 17.6 Å². The van der Waals surface area contributed by atoms with Gasteiger partial charge in [-0.2, -0.15) is 4.98 Å². The highest BCUT2D eigenvalue weighted by molar-refractivity contribution is 7.91. The number of hydrogen-bond acceptors (Lipinski definition) is 8. The normalized spacial score (nSPS) is 22.1.